The molecule has 2 N–H and O–H groups in total. The topological polar surface area (TPSA) is 108 Å². The van der Waals surface area contributed by atoms with Crippen molar-refractivity contribution >= 4 is 40.9 Å². The molecular formula is C23H22N2O5S2. The number of carboxylic acid groups (broad SMARTS) is 1. The van der Waals surface area contributed by atoms with E-state index in [0.717, 1.165) is 27.5 Å². The van der Waals surface area contributed by atoms with Gasteiger partial charge < -0.3 is 10.1 Å². The number of hydrogen-bond donors (Lipinski definition) is 2. The van der Waals surface area contributed by atoms with E-state index in [1.165, 1.54) is 16.2 Å². The Morgan fingerprint density at radius 3 is 2.50 bits per heavy atom. The van der Waals surface area contributed by atoms with Crippen molar-refractivity contribution in [3.8, 4) is 0 Å². The summed E-state index contributed by atoms with van der Waals surface area (Å²) in [5, 5.41) is 10.1. The number of likely N-dealkylation sites (tertiary alicyclic amines) is 1. The first-order valence-corrected chi connectivity index (χ1v) is 12.6. The van der Waals surface area contributed by atoms with Gasteiger partial charge in [0, 0.05) is 22.6 Å². The molecule has 32 heavy (non-hydrogen) atoms. The molecule has 2 aromatic rings. The van der Waals surface area contributed by atoms with Crippen molar-refractivity contribution in [2.75, 3.05) is 6.54 Å². The predicted octanol–water partition coefficient (Wildman–Crippen LogP) is 2.69. The van der Waals surface area contributed by atoms with Gasteiger partial charge in [0.25, 0.3) is 0 Å². The predicted molar refractivity (Wildman–Crippen MR) is 119 cm³/mol. The fraction of sp³-hybridized carbons (Fsp3) is 0.478. The van der Waals surface area contributed by atoms with Crippen molar-refractivity contribution < 1.29 is 19.5 Å². The zero-order chi connectivity index (χ0) is 22.3. The number of rotatable bonds is 4. The van der Waals surface area contributed by atoms with Crippen LogP contribution in [0.1, 0.15) is 34.8 Å². The average Bonchev–Trinajstić information content (AvgIpc) is 3.47. The zero-order valence-electron chi connectivity index (χ0n) is 17.3. The highest BCUT2D eigenvalue weighted by atomic mass is 32.2. The number of nitrogens with zero attached hydrogens (tertiary/aromatic N) is 1. The Kier molecular flexibility index (Phi) is 4.46. The molecule has 0 unspecified atom stereocenters. The molecule has 2 bridgehead atoms. The summed E-state index contributed by atoms with van der Waals surface area (Å²) in [5.74, 6) is -1.83. The summed E-state index contributed by atoms with van der Waals surface area (Å²) >= 11 is 2.92. The molecule has 9 heteroatoms. The molecule has 7 nitrogen and oxygen atoms in total. The van der Waals surface area contributed by atoms with E-state index in [0.29, 0.717) is 0 Å². The zero-order valence-corrected chi connectivity index (χ0v) is 18.9. The Bertz CT molecular complexity index is 1200. The largest absolute Gasteiger partial charge is 0.481 e. The number of H-pyrrole nitrogens is 1. The van der Waals surface area contributed by atoms with E-state index in [9.17, 15) is 19.2 Å². The number of nitrogens with one attached hydrogen (secondary N) is 1. The van der Waals surface area contributed by atoms with Gasteiger partial charge in [0.2, 0.25) is 11.8 Å². The minimum atomic E-state index is -1.01. The lowest BCUT2D eigenvalue weighted by Gasteiger charge is -2.43. The minimum Gasteiger partial charge on any atom is -0.481 e. The van der Waals surface area contributed by atoms with Gasteiger partial charge in [-0.1, -0.05) is 41.2 Å². The number of aromatic amines is 1. The third-order valence-corrected chi connectivity index (χ3v) is 10.4. The number of fused-ring (bicyclic) bond motifs is 9. The van der Waals surface area contributed by atoms with Gasteiger partial charge in [0.15, 0.2) is 0 Å². The molecule has 0 radical (unpaired) electrons. The van der Waals surface area contributed by atoms with Crippen molar-refractivity contribution in [1.29, 1.82) is 0 Å². The second kappa shape index (κ2) is 7.05. The number of imide groups is 1. The van der Waals surface area contributed by atoms with Gasteiger partial charge in [-0.25, -0.2) is 0 Å². The Morgan fingerprint density at radius 1 is 1.12 bits per heavy atom. The molecule has 2 saturated carbocycles. The van der Waals surface area contributed by atoms with Crippen molar-refractivity contribution in [2.45, 2.75) is 36.0 Å². The SMILES string of the molecule is Cc1ccc([C@H]2c3sc(=O)[nH]c3S[C@H]3[C@@H]4C[C@H]([C@H]5C(=O)N(CCC(=O)O)C(=O)[C@H]45)[C@H]23)cc1. The number of carboxylic acids is 1. The maximum Gasteiger partial charge on any atom is 0.305 e. The van der Waals surface area contributed by atoms with Gasteiger partial charge in [-0.3, -0.25) is 24.1 Å². The lowest BCUT2D eigenvalue weighted by Crippen LogP contribution is -2.42. The summed E-state index contributed by atoms with van der Waals surface area (Å²) < 4.78 is 0. The minimum absolute atomic E-state index is 0.0210. The molecule has 3 heterocycles. The normalized spacial score (nSPS) is 34.5. The Balaban J connectivity index is 1.41. The fourth-order valence-corrected chi connectivity index (χ4v) is 9.54. The molecule has 0 spiro atoms. The maximum atomic E-state index is 13.3. The Labute approximate surface area is 192 Å². The van der Waals surface area contributed by atoms with Crippen LogP contribution < -0.4 is 4.87 Å². The van der Waals surface area contributed by atoms with Gasteiger partial charge in [-0.05, 0) is 36.7 Å². The first-order chi connectivity index (χ1) is 15.3. The van der Waals surface area contributed by atoms with Crippen molar-refractivity contribution in [2.24, 2.45) is 29.6 Å². The molecule has 1 saturated heterocycles. The van der Waals surface area contributed by atoms with Crippen LogP contribution >= 0.6 is 23.1 Å². The number of hydrogen-bond acceptors (Lipinski definition) is 6. The number of thioether (sulfide) groups is 1. The molecule has 2 aliphatic heterocycles. The van der Waals surface area contributed by atoms with Crippen LogP contribution in [0.25, 0.3) is 0 Å². The number of carbonyl (C=O) groups excluding carboxylic acids is 2. The lowest BCUT2D eigenvalue weighted by atomic mass is 9.68. The highest BCUT2D eigenvalue weighted by molar-refractivity contribution is 8.00. The van der Waals surface area contributed by atoms with Crippen molar-refractivity contribution in [3.63, 3.8) is 0 Å². The van der Waals surface area contributed by atoms with Crippen LogP contribution in [-0.4, -0.2) is 44.6 Å². The van der Waals surface area contributed by atoms with Crippen LogP contribution in [0.4, 0.5) is 0 Å². The highest BCUT2D eigenvalue weighted by Gasteiger charge is 2.69. The van der Waals surface area contributed by atoms with E-state index in [4.69, 9.17) is 5.11 Å². The molecule has 4 aliphatic rings. The van der Waals surface area contributed by atoms with E-state index in [1.807, 2.05) is 6.92 Å². The molecular weight excluding hydrogens is 448 g/mol. The summed E-state index contributed by atoms with van der Waals surface area (Å²) in [4.78, 5) is 54.9. The van der Waals surface area contributed by atoms with Crippen molar-refractivity contribution in [1.82, 2.24) is 9.88 Å². The van der Waals surface area contributed by atoms with E-state index in [2.05, 4.69) is 29.2 Å². The highest BCUT2D eigenvalue weighted by Crippen LogP contribution is 2.68. The quantitative estimate of drug-likeness (QED) is 0.666. The third-order valence-electron chi connectivity index (χ3n) is 7.80. The van der Waals surface area contributed by atoms with E-state index in [1.54, 1.807) is 11.8 Å². The third kappa shape index (κ3) is 2.73. The molecule has 1 aromatic carbocycles. The Hall–Kier alpha value is -2.39. The van der Waals surface area contributed by atoms with Crippen LogP contribution in [0.5, 0.6) is 0 Å². The number of benzene rings is 1. The molecule has 3 fully saturated rings. The first kappa shape index (κ1) is 20.2. The molecule has 7 atom stereocenters. The number of aliphatic carboxylic acids is 1. The number of carbonyl (C=O) groups is 3. The summed E-state index contributed by atoms with van der Waals surface area (Å²) in [6, 6.07) is 8.39. The molecule has 2 amide bonds. The number of thiazole rings is 1. The second-order valence-electron chi connectivity index (χ2n) is 9.34. The standard InChI is InChI=1S/C23H22N2O5S2/c1-9-2-4-10(5-3-9)14-15-11-8-12(18(15)31-20-19(14)32-23(30)24-20)17-16(11)21(28)25(22(17)29)7-6-13(26)27/h2-5,11-12,14-18H,6-8H2,1H3,(H,24,30)(H,26,27)/t11-,12+,14+,15+,16+,17+,18-/m0/s1. The molecule has 1 aromatic heterocycles. The summed E-state index contributed by atoms with van der Waals surface area (Å²) in [6.45, 7) is 1.99. The fourth-order valence-electron chi connectivity index (χ4n) is 6.65. The van der Waals surface area contributed by atoms with Gasteiger partial charge in [-0.15, -0.1) is 11.8 Å². The van der Waals surface area contributed by atoms with Crippen LogP contribution in [-0.2, 0) is 14.4 Å². The van der Waals surface area contributed by atoms with Crippen LogP contribution in [0.15, 0.2) is 34.1 Å². The smallest absolute Gasteiger partial charge is 0.305 e. The van der Waals surface area contributed by atoms with E-state index < -0.39 is 5.97 Å². The van der Waals surface area contributed by atoms with Crippen LogP contribution in [0.3, 0.4) is 0 Å². The lowest BCUT2D eigenvalue weighted by molar-refractivity contribution is -0.142. The van der Waals surface area contributed by atoms with Gasteiger partial charge in [-0.2, -0.15) is 0 Å². The maximum absolute atomic E-state index is 13.3. The molecule has 166 valence electrons. The molecule has 6 rings (SSSR count). The van der Waals surface area contributed by atoms with Gasteiger partial charge in [0.1, 0.15) is 0 Å². The number of aryl methyl sites for hydroxylation is 1. The van der Waals surface area contributed by atoms with Crippen LogP contribution in [0.2, 0.25) is 0 Å². The number of amides is 2. The average molecular weight is 471 g/mol. The van der Waals surface area contributed by atoms with Crippen LogP contribution in [0, 0.1) is 36.5 Å². The van der Waals surface area contributed by atoms with E-state index in [-0.39, 0.29) is 70.4 Å². The van der Waals surface area contributed by atoms with E-state index >= 15 is 0 Å². The summed E-state index contributed by atoms with van der Waals surface area (Å²) in [5.41, 5.74) is 2.31. The molecule has 2 aliphatic carbocycles. The first-order valence-electron chi connectivity index (χ1n) is 10.9. The summed E-state index contributed by atoms with van der Waals surface area (Å²) in [6.07, 6.45) is 0.613. The monoisotopic (exact) mass is 470 g/mol. The summed E-state index contributed by atoms with van der Waals surface area (Å²) in [7, 11) is 0. The second-order valence-corrected chi connectivity index (χ2v) is 11.5. The Morgan fingerprint density at radius 2 is 1.81 bits per heavy atom. The van der Waals surface area contributed by atoms with Crippen molar-refractivity contribution in [3.05, 3.63) is 49.9 Å². The number of aromatic nitrogens is 1. The van der Waals surface area contributed by atoms with Gasteiger partial charge in [0.05, 0.1) is 23.3 Å². The van der Waals surface area contributed by atoms with Gasteiger partial charge >= 0.3 is 10.8 Å².